The fourth-order valence-electron chi connectivity index (χ4n) is 3.92. The van der Waals surface area contributed by atoms with Crippen molar-refractivity contribution in [3.63, 3.8) is 0 Å². The van der Waals surface area contributed by atoms with Crippen LogP contribution in [0.1, 0.15) is 63.5 Å². The molecule has 1 heterocycles. The first-order chi connectivity index (χ1) is 16.1. The molecular formula is C30H36FNO. The van der Waals surface area contributed by atoms with Gasteiger partial charge in [0, 0.05) is 17.6 Å². The maximum Gasteiger partial charge on any atom is 0.132 e. The lowest BCUT2D eigenvalue weighted by Gasteiger charge is -2.12. The molecule has 0 radical (unpaired) electrons. The summed E-state index contributed by atoms with van der Waals surface area (Å²) in [4.78, 5) is 4.69. The third-order valence-electron chi connectivity index (χ3n) is 5.84. The molecule has 33 heavy (non-hydrogen) atoms. The number of pyridine rings is 1. The largest absolute Gasteiger partial charge is 0.379 e. The van der Waals surface area contributed by atoms with Crippen LogP contribution in [0.25, 0.3) is 28.2 Å². The maximum atomic E-state index is 14.6. The second-order valence-electron chi connectivity index (χ2n) is 8.68. The molecular weight excluding hydrogens is 409 g/mol. The van der Waals surface area contributed by atoms with Crippen LogP contribution in [0, 0.1) is 5.82 Å². The summed E-state index contributed by atoms with van der Waals surface area (Å²) < 4.78 is 20.4. The molecule has 0 spiro atoms. The monoisotopic (exact) mass is 445 g/mol. The molecule has 0 aliphatic carbocycles. The summed E-state index contributed by atoms with van der Waals surface area (Å²) in [5, 5.41) is 1.05. The molecule has 0 aliphatic rings. The van der Waals surface area contributed by atoms with Gasteiger partial charge in [0.15, 0.2) is 0 Å². The second-order valence-corrected chi connectivity index (χ2v) is 8.68. The number of aromatic nitrogens is 1. The first kappa shape index (κ1) is 24.9. The highest BCUT2D eigenvalue weighted by Crippen LogP contribution is 2.25. The van der Waals surface area contributed by atoms with E-state index in [0.29, 0.717) is 23.8 Å². The lowest BCUT2D eigenvalue weighted by Crippen LogP contribution is -2.08. The Hall–Kier alpha value is -2.78. The van der Waals surface area contributed by atoms with Crippen LogP contribution in [-0.2, 0) is 11.2 Å². The van der Waals surface area contributed by atoms with E-state index in [1.54, 1.807) is 18.2 Å². The van der Waals surface area contributed by atoms with Crippen LogP contribution in [0.15, 0.2) is 67.3 Å². The van der Waals surface area contributed by atoms with Crippen LogP contribution in [-0.4, -0.2) is 17.7 Å². The number of unbranched alkanes of at least 4 members (excludes halogenated alkanes) is 3. The normalized spacial score (nSPS) is 12.5. The Bertz CT molecular complexity index is 1070. The first-order valence-corrected chi connectivity index (χ1v) is 12.2. The fraction of sp³-hybridized carbons (Fsp3) is 0.367. The molecule has 3 heteroatoms. The van der Waals surface area contributed by atoms with E-state index in [2.05, 4.69) is 44.7 Å². The molecule has 1 atom stereocenters. The molecule has 2 nitrogen and oxygen atoms in total. The minimum Gasteiger partial charge on any atom is -0.379 e. The molecule has 0 amide bonds. The molecule has 0 aliphatic heterocycles. The van der Waals surface area contributed by atoms with Gasteiger partial charge in [0.1, 0.15) is 5.82 Å². The molecule has 0 saturated carbocycles. The summed E-state index contributed by atoms with van der Waals surface area (Å²) in [6, 6.07) is 15.4. The summed E-state index contributed by atoms with van der Waals surface area (Å²) >= 11 is 0. The zero-order valence-corrected chi connectivity index (χ0v) is 20.0. The summed E-state index contributed by atoms with van der Waals surface area (Å²) in [5.41, 5.74) is 4.11. The molecule has 0 fully saturated rings. The topological polar surface area (TPSA) is 22.1 Å². The van der Waals surface area contributed by atoms with E-state index in [1.807, 2.05) is 24.3 Å². The van der Waals surface area contributed by atoms with Crippen LogP contribution < -0.4 is 0 Å². The maximum absolute atomic E-state index is 14.6. The Morgan fingerprint density at radius 1 is 1.06 bits per heavy atom. The number of hydrogen-bond donors (Lipinski definition) is 0. The number of hydrogen-bond acceptors (Lipinski definition) is 2. The fourth-order valence-corrected chi connectivity index (χ4v) is 3.92. The van der Waals surface area contributed by atoms with Gasteiger partial charge in [-0.2, -0.15) is 0 Å². The number of benzene rings is 2. The number of ether oxygens (including phenoxy) is 1. The molecule has 3 aromatic rings. The predicted octanol–water partition coefficient (Wildman–Crippen LogP) is 8.55. The van der Waals surface area contributed by atoms with E-state index < -0.39 is 0 Å². The Morgan fingerprint density at radius 2 is 1.94 bits per heavy atom. The summed E-state index contributed by atoms with van der Waals surface area (Å²) in [6.45, 7) is 8.97. The quantitative estimate of drug-likeness (QED) is 0.194. The van der Waals surface area contributed by atoms with Gasteiger partial charge in [0.25, 0.3) is 0 Å². The van der Waals surface area contributed by atoms with Crippen molar-refractivity contribution >= 4 is 17.0 Å². The van der Waals surface area contributed by atoms with Crippen molar-refractivity contribution in [2.24, 2.45) is 0 Å². The van der Waals surface area contributed by atoms with Crippen molar-refractivity contribution < 1.29 is 9.13 Å². The van der Waals surface area contributed by atoms with Gasteiger partial charge in [0.2, 0.25) is 0 Å². The number of fused-ring (bicyclic) bond motifs is 1. The highest BCUT2D eigenvalue weighted by atomic mass is 19.1. The molecule has 1 aromatic heterocycles. The third-order valence-corrected chi connectivity index (χ3v) is 5.84. The highest BCUT2D eigenvalue weighted by molar-refractivity contribution is 5.83. The molecule has 174 valence electrons. The zero-order valence-electron chi connectivity index (χ0n) is 20.0. The average Bonchev–Trinajstić information content (AvgIpc) is 2.81. The van der Waals surface area contributed by atoms with E-state index in [0.717, 1.165) is 54.3 Å². The number of rotatable bonds is 13. The average molecular weight is 446 g/mol. The lowest BCUT2D eigenvalue weighted by atomic mass is 10.0. The summed E-state index contributed by atoms with van der Waals surface area (Å²) in [6.07, 6.45) is 14.1. The Labute approximate surface area is 198 Å². The molecule has 1 unspecified atom stereocenters. The van der Waals surface area contributed by atoms with Gasteiger partial charge in [-0.3, -0.25) is 0 Å². The van der Waals surface area contributed by atoms with Crippen molar-refractivity contribution in [3.8, 4) is 11.3 Å². The van der Waals surface area contributed by atoms with Crippen LogP contribution in [0.4, 0.5) is 4.39 Å². The zero-order chi connectivity index (χ0) is 23.5. The molecule has 3 rings (SSSR count). The Balaban J connectivity index is 1.56. The van der Waals surface area contributed by atoms with Crippen LogP contribution in [0.2, 0.25) is 0 Å². The van der Waals surface area contributed by atoms with Crippen molar-refractivity contribution in [3.05, 3.63) is 84.2 Å². The lowest BCUT2D eigenvalue weighted by molar-refractivity contribution is 0.0566. The molecule has 2 aromatic carbocycles. The standard InChI is InChI=1S/C30H36FNO/c1-4-6-10-20-33-23(3)12-8-7-9-13-25-15-18-29-26(21-25)16-19-30(32-29)27-17-14-24(11-5-2)22-28(27)31/h5,9,13-19,21-23H,2,4,6-8,10-12,20H2,1,3H3. The van der Waals surface area contributed by atoms with Crippen molar-refractivity contribution in [2.75, 3.05) is 6.61 Å². The van der Waals surface area contributed by atoms with E-state index in [-0.39, 0.29) is 5.82 Å². The Morgan fingerprint density at radius 3 is 2.73 bits per heavy atom. The van der Waals surface area contributed by atoms with Gasteiger partial charge in [-0.05, 0) is 80.5 Å². The van der Waals surface area contributed by atoms with Crippen LogP contribution in [0.3, 0.4) is 0 Å². The second kappa shape index (κ2) is 13.1. The first-order valence-electron chi connectivity index (χ1n) is 12.2. The van der Waals surface area contributed by atoms with Crippen LogP contribution >= 0.6 is 0 Å². The van der Waals surface area contributed by atoms with Crippen molar-refractivity contribution in [1.29, 1.82) is 0 Å². The van der Waals surface area contributed by atoms with Gasteiger partial charge in [-0.1, -0.05) is 56.2 Å². The number of halogens is 1. The SMILES string of the molecule is C=CCc1ccc(-c2ccc3cc(C=CCCCC(C)OCCCCC)ccc3n2)c(F)c1. The highest BCUT2D eigenvalue weighted by Gasteiger charge is 2.08. The minimum atomic E-state index is -0.249. The van der Waals surface area contributed by atoms with E-state index in [4.69, 9.17) is 9.72 Å². The third kappa shape index (κ3) is 7.64. The summed E-state index contributed by atoms with van der Waals surface area (Å²) in [5.74, 6) is -0.249. The van der Waals surface area contributed by atoms with Gasteiger partial charge in [-0.15, -0.1) is 6.58 Å². The van der Waals surface area contributed by atoms with Gasteiger partial charge < -0.3 is 4.74 Å². The van der Waals surface area contributed by atoms with Crippen molar-refractivity contribution in [2.45, 2.75) is 64.9 Å². The minimum absolute atomic E-state index is 0.249. The summed E-state index contributed by atoms with van der Waals surface area (Å²) in [7, 11) is 0. The van der Waals surface area contributed by atoms with E-state index >= 15 is 0 Å². The van der Waals surface area contributed by atoms with E-state index in [9.17, 15) is 4.39 Å². The van der Waals surface area contributed by atoms with Gasteiger partial charge >= 0.3 is 0 Å². The molecule has 0 saturated heterocycles. The smallest absolute Gasteiger partial charge is 0.132 e. The van der Waals surface area contributed by atoms with Gasteiger partial charge in [-0.25, -0.2) is 9.37 Å². The Kier molecular flexibility index (Phi) is 9.83. The number of nitrogens with zero attached hydrogens (tertiary/aromatic N) is 1. The molecule has 0 bridgehead atoms. The van der Waals surface area contributed by atoms with Crippen molar-refractivity contribution in [1.82, 2.24) is 4.98 Å². The van der Waals surface area contributed by atoms with E-state index in [1.165, 1.54) is 12.8 Å². The van der Waals surface area contributed by atoms with Crippen LogP contribution in [0.5, 0.6) is 0 Å². The van der Waals surface area contributed by atoms with Gasteiger partial charge in [0.05, 0.1) is 17.3 Å². The predicted molar refractivity (Wildman–Crippen MR) is 139 cm³/mol. The molecule has 0 N–H and O–H groups in total. The number of allylic oxidation sites excluding steroid dienone is 2.